The number of piperazine rings is 1. The van der Waals surface area contributed by atoms with Crippen molar-refractivity contribution < 1.29 is 9.47 Å². The Hall–Kier alpha value is -2.77. The van der Waals surface area contributed by atoms with Crippen molar-refractivity contribution >= 4 is 5.96 Å². The molecule has 2 aliphatic rings. The van der Waals surface area contributed by atoms with E-state index in [0.29, 0.717) is 13.3 Å². The van der Waals surface area contributed by atoms with Crippen LogP contribution >= 0.6 is 0 Å². The summed E-state index contributed by atoms with van der Waals surface area (Å²) in [4.78, 5) is 9.85. The van der Waals surface area contributed by atoms with E-state index >= 15 is 0 Å². The normalized spacial score (nSPS) is 16.9. The fourth-order valence-corrected chi connectivity index (χ4v) is 4.12. The molecule has 0 amide bonds. The van der Waals surface area contributed by atoms with E-state index in [-0.39, 0.29) is 0 Å². The quantitative estimate of drug-likeness (QED) is 0.489. The smallest absolute Gasteiger partial charge is 0.231 e. The highest BCUT2D eigenvalue weighted by molar-refractivity contribution is 5.79. The Morgan fingerprint density at radius 2 is 1.66 bits per heavy atom. The van der Waals surface area contributed by atoms with Gasteiger partial charge in [0, 0.05) is 45.8 Å². The lowest BCUT2D eigenvalue weighted by molar-refractivity contribution is 0.131. The van der Waals surface area contributed by atoms with E-state index in [0.717, 1.165) is 75.4 Å². The molecule has 1 saturated heterocycles. The summed E-state index contributed by atoms with van der Waals surface area (Å²) in [6.07, 6.45) is 0. The number of aliphatic imine (C=N–C) groups is 1. The van der Waals surface area contributed by atoms with Gasteiger partial charge in [0.05, 0.1) is 6.54 Å². The van der Waals surface area contributed by atoms with E-state index in [2.05, 4.69) is 58.5 Å². The van der Waals surface area contributed by atoms with Crippen LogP contribution in [0.1, 0.15) is 30.5 Å². The van der Waals surface area contributed by atoms with E-state index < -0.39 is 0 Å². The Balaban J connectivity index is 1.36. The molecule has 2 aromatic rings. The van der Waals surface area contributed by atoms with E-state index in [9.17, 15) is 0 Å². The van der Waals surface area contributed by atoms with Gasteiger partial charge in [-0.25, -0.2) is 4.99 Å². The maximum atomic E-state index is 5.48. The summed E-state index contributed by atoms with van der Waals surface area (Å²) in [5.41, 5.74) is 3.80. The zero-order valence-electron chi connectivity index (χ0n) is 19.3. The maximum Gasteiger partial charge on any atom is 0.231 e. The lowest BCUT2D eigenvalue weighted by Gasteiger charge is -2.34. The highest BCUT2D eigenvalue weighted by Gasteiger charge is 2.17. The summed E-state index contributed by atoms with van der Waals surface area (Å²) < 4.78 is 10.9. The second-order valence-corrected chi connectivity index (χ2v) is 8.22. The molecule has 32 heavy (non-hydrogen) atoms. The lowest BCUT2D eigenvalue weighted by Crippen LogP contribution is -2.45. The molecule has 0 saturated carbocycles. The number of benzene rings is 2. The number of nitrogens with one attached hydrogen (secondary N) is 2. The van der Waals surface area contributed by atoms with Crippen LogP contribution in [0.4, 0.5) is 0 Å². The van der Waals surface area contributed by atoms with Gasteiger partial charge in [0.1, 0.15) is 0 Å². The average Bonchev–Trinajstić information content (AvgIpc) is 3.30. The first kappa shape index (κ1) is 22.4. The maximum absolute atomic E-state index is 5.48. The minimum Gasteiger partial charge on any atom is -0.454 e. The third-order valence-electron chi connectivity index (χ3n) is 6.07. The molecule has 0 spiro atoms. The van der Waals surface area contributed by atoms with Crippen molar-refractivity contribution in [1.29, 1.82) is 0 Å². The van der Waals surface area contributed by atoms with Crippen molar-refractivity contribution in [2.75, 3.05) is 46.1 Å². The lowest BCUT2D eigenvalue weighted by atomic mass is 10.1. The van der Waals surface area contributed by atoms with Gasteiger partial charge in [-0.1, -0.05) is 37.3 Å². The molecule has 7 heteroatoms. The summed E-state index contributed by atoms with van der Waals surface area (Å²) >= 11 is 0. The third kappa shape index (κ3) is 5.93. The molecular formula is C25H35N5O2. The number of hydrogen-bond donors (Lipinski definition) is 2. The van der Waals surface area contributed by atoms with Gasteiger partial charge in [0.25, 0.3) is 0 Å². The molecule has 0 aromatic heterocycles. The first-order valence-corrected chi connectivity index (χ1v) is 11.7. The highest BCUT2D eigenvalue weighted by atomic mass is 16.7. The van der Waals surface area contributed by atoms with E-state index in [1.165, 1.54) is 11.1 Å². The zero-order valence-corrected chi connectivity index (χ0v) is 19.3. The van der Waals surface area contributed by atoms with Gasteiger partial charge in [0.2, 0.25) is 6.79 Å². The van der Waals surface area contributed by atoms with Crippen molar-refractivity contribution in [2.45, 2.75) is 33.5 Å². The molecule has 2 aliphatic heterocycles. The molecule has 7 nitrogen and oxygen atoms in total. The molecule has 2 heterocycles. The minimum absolute atomic E-state index is 0.292. The summed E-state index contributed by atoms with van der Waals surface area (Å²) in [6, 6.07) is 14.7. The molecule has 1 fully saturated rings. The molecule has 0 bridgehead atoms. The van der Waals surface area contributed by atoms with Crippen molar-refractivity contribution in [2.24, 2.45) is 4.99 Å². The van der Waals surface area contributed by atoms with Gasteiger partial charge in [-0.2, -0.15) is 0 Å². The second kappa shape index (κ2) is 11.2. The number of hydrogen-bond acceptors (Lipinski definition) is 5. The largest absolute Gasteiger partial charge is 0.454 e. The summed E-state index contributed by atoms with van der Waals surface area (Å²) in [5.74, 6) is 2.41. The minimum atomic E-state index is 0.292. The molecular weight excluding hydrogens is 402 g/mol. The Bertz CT molecular complexity index is 909. The standard InChI is InChI=1S/C25H35N5O2/c1-3-26-25(27-16-20-9-10-23-24(15-20)32-19-31-23)28-17-21-7-5-6-8-22(21)18-30-13-11-29(4-2)12-14-30/h5-10,15H,3-4,11-14,16-19H2,1-2H3,(H2,26,27,28). The molecule has 2 N–H and O–H groups in total. The van der Waals surface area contributed by atoms with Crippen LogP contribution in [-0.4, -0.2) is 61.8 Å². The molecule has 2 aromatic carbocycles. The number of nitrogens with zero attached hydrogens (tertiary/aromatic N) is 3. The average molecular weight is 438 g/mol. The van der Waals surface area contributed by atoms with Crippen LogP contribution in [0.3, 0.4) is 0 Å². The first-order chi connectivity index (χ1) is 15.7. The molecule has 4 rings (SSSR count). The van der Waals surface area contributed by atoms with E-state index in [1.807, 2.05) is 18.2 Å². The van der Waals surface area contributed by atoms with Gasteiger partial charge in [-0.15, -0.1) is 0 Å². The number of guanidine groups is 1. The summed E-state index contributed by atoms with van der Waals surface area (Å²) in [6.45, 7) is 13.5. The van der Waals surface area contributed by atoms with Crippen molar-refractivity contribution in [3.63, 3.8) is 0 Å². The van der Waals surface area contributed by atoms with Crippen molar-refractivity contribution in [1.82, 2.24) is 20.4 Å². The SMILES string of the molecule is CCNC(=NCc1ccc2c(c1)OCO2)NCc1ccccc1CN1CCN(CC)CC1. The summed E-state index contributed by atoms with van der Waals surface area (Å²) in [7, 11) is 0. The van der Waals surface area contributed by atoms with Crippen LogP contribution in [0.25, 0.3) is 0 Å². The summed E-state index contributed by atoms with van der Waals surface area (Å²) in [5, 5.41) is 6.86. The van der Waals surface area contributed by atoms with Gasteiger partial charge < -0.3 is 25.0 Å². The van der Waals surface area contributed by atoms with Crippen molar-refractivity contribution in [3.05, 3.63) is 59.2 Å². The molecule has 0 unspecified atom stereocenters. The highest BCUT2D eigenvalue weighted by Crippen LogP contribution is 2.32. The Labute approximate surface area is 191 Å². The van der Waals surface area contributed by atoms with Crippen LogP contribution in [-0.2, 0) is 19.6 Å². The number of rotatable bonds is 8. The monoisotopic (exact) mass is 437 g/mol. The Morgan fingerprint density at radius 1 is 0.906 bits per heavy atom. The van der Waals surface area contributed by atoms with Crippen LogP contribution in [0.2, 0.25) is 0 Å². The van der Waals surface area contributed by atoms with Crippen LogP contribution in [0, 0.1) is 0 Å². The Kier molecular flexibility index (Phi) is 7.85. The van der Waals surface area contributed by atoms with Gasteiger partial charge in [-0.05, 0) is 42.3 Å². The molecule has 0 aliphatic carbocycles. The zero-order chi connectivity index (χ0) is 22.2. The number of ether oxygens (including phenoxy) is 2. The second-order valence-electron chi connectivity index (χ2n) is 8.22. The van der Waals surface area contributed by atoms with Crippen LogP contribution in [0.15, 0.2) is 47.5 Å². The number of fused-ring (bicyclic) bond motifs is 1. The number of likely N-dealkylation sites (N-methyl/N-ethyl adjacent to an activating group) is 1. The van der Waals surface area contributed by atoms with Gasteiger partial charge in [0.15, 0.2) is 17.5 Å². The third-order valence-corrected chi connectivity index (χ3v) is 6.07. The fourth-order valence-electron chi connectivity index (χ4n) is 4.12. The van der Waals surface area contributed by atoms with E-state index in [4.69, 9.17) is 14.5 Å². The molecule has 0 radical (unpaired) electrons. The molecule has 0 atom stereocenters. The fraction of sp³-hybridized carbons (Fsp3) is 0.480. The first-order valence-electron chi connectivity index (χ1n) is 11.7. The van der Waals surface area contributed by atoms with Crippen LogP contribution < -0.4 is 20.1 Å². The van der Waals surface area contributed by atoms with E-state index in [1.54, 1.807) is 0 Å². The Morgan fingerprint density at radius 3 is 2.44 bits per heavy atom. The van der Waals surface area contributed by atoms with Crippen molar-refractivity contribution in [3.8, 4) is 11.5 Å². The molecule has 172 valence electrons. The topological polar surface area (TPSA) is 61.4 Å². The van der Waals surface area contributed by atoms with Gasteiger partial charge >= 0.3 is 0 Å². The predicted molar refractivity (Wildman–Crippen MR) is 128 cm³/mol. The van der Waals surface area contributed by atoms with Crippen LogP contribution in [0.5, 0.6) is 11.5 Å². The van der Waals surface area contributed by atoms with Gasteiger partial charge in [-0.3, -0.25) is 4.90 Å². The predicted octanol–water partition coefficient (Wildman–Crippen LogP) is 2.81.